The first-order chi connectivity index (χ1) is 9.22. The molecule has 0 bridgehead atoms. The van der Waals surface area contributed by atoms with Crippen LogP contribution in [0.3, 0.4) is 0 Å². The molecule has 0 saturated heterocycles. The number of hydrogen-bond donors (Lipinski definition) is 1. The van der Waals surface area contributed by atoms with E-state index in [2.05, 4.69) is 41.0 Å². The Balaban J connectivity index is 2.36. The first kappa shape index (κ1) is 13.5. The smallest absolute Gasteiger partial charge is 0.133 e. The number of anilines is 1. The maximum atomic E-state index is 4.45. The number of rotatable bonds is 5. The lowest BCUT2D eigenvalue weighted by molar-refractivity contribution is 0.812. The molecule has 0 aliphatic rings. The monoisotopic (exact) mass is 256 g/mol. The van der Waals surface area contributed by atoms with Gasteiger partial charge in [0, 0.05) is 30.4 Å². The van der Waals surface area contributed by atoms with Crippen LogP contribution in [0.25, 0.3) is 0 Å². The molecule has 100 valence electrons. The molecule has 0 radical (unpaired) electrons. The van der Waals surface area contributed by atoms with Crippen molar-refractivity contribution in [3.8, 4) is 0 Å². The molecule has 4 heteroatoms. The lowest BCUT2D eigenvalue weighted by atomic mass is 9.99. The highest BCUT2D eigenvalue weighted by atomic mass is 15.0. The minimum atomic E-state index is 0.383. The number of nitrogens with zero attached hydrogens (tertiary/aromatic N) is 3. The summed E-state index contributed by atoms with van der Waals surface area (Å²) >= 11 is 0. The second kappa shape index (κ2) is 6.27. The minimum Gasteiger partial charge on any atom is -0.370 e. The fourth-order valence-corrected chi connectivity index (χ4v) is 2.16. The van der Waals surface area contributed by atoms with Crippen LogP contribution in [0.15, 0.2) is 30.7 Å². The zero-order chi connectivity index (χ0) is 13.7. The van der Waals surface area contributed by atoms with Gasteiger partial charge in [0.05, 0.1) is 5.69 Å². The molecule has 19 heavy (non-hydrogen) atoms. The van der Waals surface area contributed by atoms with Gasteiger partial charge in [-0.2, -0.15) is 0 Å². The van der Waals surface area contributed by atoms with Crippen molar-refractivity contribution in [1.82, 2.24) is 15.0 Å². The van der Waals surface area contributed by atoms with Crippen LogP contribution in [-0.2, 0) is 6.42 Å². The molecule has 0 fully saturated rings. The molecule has 2 aromatic rings. The van der Waals surface area contributed by atoms with E-state index in [1.165, 1.54) is 5.56 Å². The van der Waals surface area contributed by atoms with E-state index in [0.29, 0.717) is 5.92 Å². The van der Waals surface area contributed by atoms with E-state index in [4.69, 9.17) is 0 Å². The fraction of sp³-hybridized carbons (Fsp3) is 0.400. The molecule has 0 saturated carbocycles. The van der Waals surface area contributed by atoms with Crippen molar-refractivity contribution in [3.05, 3.63) is 47.7 Å². The van der Waals surface area contributed by atoms with Crippen LogP contribution < -0.4 is 5.32 Å². The van der Waals surface area contributed by atoms with Gasteiger partial charge in [0.1, 0.15) is 12.1 Å². The van der Waals surface area contributed by atoms with Gasteiger partial charge in [0.2, 0.25) is 0 Å². The van der Waals surface area contributed by atoms with Crippen LogP contribution in [0.2, 0.25) is 0 Å². The highest BCUT2D eigenvalue weighted by Gasteiger charge is 2.14. The van der Waals surface area contributed by atoms with Crippen molar-refractivity contribution in [2.24, 2.45) is 0 Å². The summed E-state index contributed by atoms with van der Waals surface area (Å²) in [7, 11) is 0. The van der Waals surface area contributed by atoms with Crippen molar-refractivity contribution in [2.75, 3.05) is 11.9 Å². The zero-order valence-electron chi connectivity index (χ0n) is 11.7. The molecule has 2 rings (SSSR count). The average molecular weight is 256 g/mol. The van der Waals surface area contributed by atoms with Gasteiger partial charge in [-0.15, -0.1) is 0 Å². The summed E-state index contributed by atoms with van der Waals surface area (Å²) in [6.45, 7) is 7.27. The molecule has 1 N–H and O–H groups in total. The highest BCUT2D eigenvalue weighted by molar-refractivity contribution is 5.48. The number of hydrogen-bond acceptors (Lipinski definition) is 4. The Morgan fingerprint density at radius 1 is 1.16 bits per heavy atom. The summed E-state index contributed by atoms with van der Waals surface area (Å²) in [4.78, 5) is 13.2. The van der Waals surface area contributed by atoms with Gasteiger partial charge in [0.15, 0.2) is 0 Å². The molecule has 2 aromatic heterocycles. The van der Waals surface area contributed by atoms with E-state index in [9.17, 15) is 0 Å². The minimum absolute atomic E-state index is 0.383. The van der Waals surface area contributed by atoms with Crippen LogP contribution in [0.5, 0.6) is 0 Å². The van der Waals surface area contributed by atoms with E-state index >= 15 is 0 Å². The van der Waals surface area contributed by atoms with E-state index in [-0.39, 0.29) is 0 Å². The molecule has 0 atom stereocenters. The second-order valence-electron chi connectivity index (χ2n) is 4.77. The summed E-state index contributed by atoms with van der Waals surface area (Å²) in [5.41, 5.74) is 3.28. The average Bonchev–Trinajstić information content (AvgIpc) is 2.40. The standard InChI is InChI=1S/C15H20N4/c1-4-16-15-14(11(2)3)13(18-10-19-15)9-12-7-5-6-8-17-12/h5-8,10-11H,4,9H2,1-3H3,(H,16,18,19). The summed E-state index contributed by atoms with van der Waals surface area (Å²) in [5.74, 6) is 1.33. The van der Waals surface area contributed by atoms with Crippen molar-refractivity contribution in [2.45, 2.75) is 33.1 Å². The predicted molar refractivity (Wildman–Crippen MR) is 77.3 cm³/mol. The van der Waals surface area contributed by atoms with Gasteiger partial charge in [-0.3, -0.25) is 4.98 Å². The van der Waals surface area contributed by atoms with Crippen molar-refractivity contribution in [1.29, 1.82) is 0 Å². The molecular weight excluding hydrogens is 236 g/mol. The Hall–Kier alpha value is -1.97. The normalized spacial score (nSPS) is 10.7. The SMILES string of the molecule is CCNc1ncnc(Cc2ccccn2)c1C(C)C. The van der Waals surface area contributed by atoms with Crippen LogP contribution in [0.4, 0.5) is 5.82 Å². The lowest BCUT2D eigenvalue weighted by Gasteiger charge is -2.16. The third kappa shape index (κ3) is 3.28. The second-order valence-corrected chi connectivity index (χ2v) is 4.77. The maximum absolute atomic E-state index is 4.45. The Morgan fingerprint density at radius 3 is 2.63 bits per heavy atom. The molecule has 0 spiro atoms. The van der Waals surface area contributed by atoms with Crippen LogP contribution in [0, 0.1) is 0 Å². The zero-order valence-corrected chi connectivity index (χ0v) is 11.7. The molecule has 2 heterocycles. The van der Waals surface area contributed by atoms with Crippen molar-refractivity contribution >= 4 is 5.82 Å². The number of aromatic nitrogens is 3. The van der Waals surface area contributed by atoms with Crippen molar-refractivity contribution < 1.29 is 0 Å². The molecule has 0 unspecified atom stereocenters. The largest absolute Gasteiger partial charge is 0.370 e. The number of nitrogens with one attached hydrogen (secondary N) is 1. The van der Waals surface area contributed by atoms with Crippen LogP contribution in [-0.4, -0.2) is 21.5 Å². The number of pyridine rings is 1. The van der Waals surface area contributed by atoms with Gasteiger partial charge in [0.25, 0.3) is 0 Å². The molecule has 0 aliphatic carbocycles. The van der Waals surface area contributed by atoms with E-state index in [1.807, 2.05) is 24.4 Å². The molecular formula is C15H20N4. The van der Waals surface area contributed by atoms with Crippen LogP contribution in [0.1, 0.15) is 43.6 Å². The lowest BCUT2D eigenvalue weighted by Crippen LogP contribution is -2.10. The summed E-state index contributed by atoms with van der Waals surface area (Å²) in [6, 6.07) is 5.96. The molecule has 0 amide bonds. The molecule has 0 aliphatic heterocycles. The Bertz CT molecular complexity index is 523. The van der Waals surface area contributed by atoms with Gasteiger partial charge < -0.3 is 5.32 Å². The summed E-state index contributed by atoms with van der Waals surface area (Å²) in [6.07, 6.45) is 4.19. The van der Waals surface area contributed by atoms with E-state index in [1.54, 1.807) is 6.33 Å². The van der Waals surface area contributed by atoms with Gasteiger partial charge in [-0.05, 0) is 25.0 Å². The third-order valence-corrected chi connectivity index (χ3v) is 2.96. The first-order valence-corrected chi connectivity index (χ1v) is 6.70. The van der Waals surface area contributed by atoms with E-state index < -0.39 is 0 Å². The topological polar surface area (TPSA) is 50.7 Å². The highest BCUT2D eigenvalue weighted by Crippen LogP contribution is 2.25. The molecule has 4 nitrogen and oxygen atoms in total. The van der Waals surface area contributed by atoms with Gasteiger partial charge in [-0.1, -0.05) is 19.9 Å². The Kier molecular flexibility index (Phi) is 4.44. The maximum Gasteiger partial charge on any atom is 0.133 e. The predicted octanol–water partition coefficient (Wildman–Crippen LogP) is 3.02. The quantitative estimate of drug-likeness (QED) is 0.893. The Morgan fingerprint density at radius 2 is 2.00 bits per heavy atom. The van der Waals surface area contributed by atoms with Gasteiger partial charge >= 0.3 is 0 Å². The molecule has 0 aromatic carbocycles. The Labute approximate surface area is 114 Å². The van der Waals surface area contributed by atoms with Crippen molar-refractivity contribution in [3.63, 3.8) is 0 Å². The van der Waals surface area contributed by atoms with E-state index in [0.717, 1.165) is 30.2 Å². The first-order valence-electron chi connectivity index (χ1n) is 6.70. The fourth-order valence-electron chi connectivity index (χ4n) is 2.16. The third-order valence-electron chi connectivity index (χ3n) is 2.96. The van der Waals surface area contributed by atoms with Crippen LogP contribution >= 0.6 is 0 Å². The summed E-state index contributed by atoms with van der Waals surface area (Å²) in [5, 5.41) is 3.31. The summed E-state index contributed by atoms with van der Waals surface area (Å²) < 4.78 is 0. The van der Waals surface area contributed by atoms with Gasteiger partial charge in [-0.25, -0.2) is 9.97 Å².